The summed E-state index contributed by atoms with van der Waals surface area (Å²) in [6.07, 6.45) is 0.831. The van der Waals surface area contributed by atoms with Crippen LogP contribution in [-0.2, 0) is 13.0 Å². The number of benzene rings is 2. The Kier molecular flexibility index (Phi) is 4.65. The van der Waals surface area contributed by atoms with Crippen molar-refractivity contribution in [2.24, 2.45) is 0 Å². The molecule has 0 bridgehead atoms. The largest absolute Gasteiger partial charge is 0.488 e. The van der Waals surface area contributed by atoms with Gasteiger partial charge in [0, 0.05) is 17.0 Å². The number of hydrogen-bond donors (Lipinski definition) is 0. The SMILES string of the molecule is CCc1ccc2c(COc3ccc(F)cc3C(C)=O)cc(=O)oc2c1. The predicted molar refractivity (Wildman–Crippen MR) is 92.6 cm³/mol. The second-order valence-corrected chi connectivity index (χ2v) is 5.76. The molecular weight excluding hydrogens is 323 g/mol. The molecule has 1 aromatic heterocycles. The zero-order valence-corrected chi connectivity index (χ0v) is 14.0. The monoisotopic (exact) mass is 340 g/mol. The van der Waals surface area contributed by atoms with Crippen LogP contribution in [0.4, 0.5) is 4.39 Å². The van der Waals surface area contributed by atoms with Gasteiger partial charge < -0.3 is 9.15 Å². The number of ketones is 1. The number of carbonyl (C=O) groups excluding carboxylic acids is 1. The zero-order valence-electron chi connectivity index (χ0n) is 14.0. The minimum atomic E-state index is -0.504. The maximum Gasteiger partial charge on any atom is 0.336 e. The molecular formula is C20H17FO4. The van der Waals surface area contributed by atoms with E-state index >= 15 is 0 Å². The summed E-state index contributed by atoms with van der Waals surface area (Å²) in [5.41, 5.74) is 1.90. The lowest BCUT2D eigenvalue weighted by molar-refractivity contribution is 0.101. The third-order valence-corrected chi connectivity index (χ3v) is 4.01. The van der Waals surface area contributed by atoms with Crippen molar-refractivity contribution in [3.8, 4) is 5.75 Å². The Morgan fingerprint density at radius 2 is 1.96 bits per heavy atom. The van der Waals surface area contributed by atoms with E-state index in [4.69, 9.17) is 9.15 Å². The molecule has 0 saturated heterocycles. The number of hydrogen-bond acceptors (Lipinski definition) is 4. The van der Waals surface area contributed by atoms with Gasteiger partial charge in [0.15, 0.2) is 5.78 Å². The Labute approximate surface area is 143 Å². The van der Waals surface area contributed by atoms with Gasteiger partial charge in [-0.2, -0.15) is 0 Å². The summed E-state index contributed by atoms with van der Waals surface area (Å²) in [6.45, 7) is 3.43. The molecule has 0 amide bonds. The molecule has 4 nitrogen and oxygen atoms in total. The lowest BCUT2D eigenvalue weighted by Gasteiger charge is -2.11. The van der Waals surface area contributed by atoms with E-state index < -0.39 is 11.4 Å². The molecule has 0 atom stereocenters. The van der Waals surface area contributed by atoms with Crippen LogP contribution in [0.2, 0.25) is 0 Å². The summed E-state index contributed by atoms with van der Waals surface area (Å²) in [6, 6.07) is 10.8. The van der Waals surface area contributed by atoms with Gasteiger partial charge in [-0.3, -0.25) is 4.79 Å². The normalized spacial score (nSPS) is 10.8. The zero-order chi connectivity index (χ0) is 18.0. The molecule has 0 saturated carbocycles. The number of Topliss-reactive ketones (excluding diaryl/α,β-unsaturated/α-hetero) is 1. The van der Waals surface area contributed by atoms with Crippen LogP contribution in [0.25, 0.3) is 11.0 Å². The van der Waals surface area contributed by atoms with E-state index in [2.05, 4.69) is 0 Å². The highest BCUT2D eigenvalue weighted by Gasteiger charge is 2.12. The van der Waals surface area contributed by atoms with E-state index in [0.29, 0.717) is 11.1 Å². The number of halogens is 1. The third-order valence-electron chi connectivity index (χ3n) is 4.01. The lowest BCUT2D eigenvalue weighted by Crippen LogP contribution is -2.06. The Bertz CT molecular complexity index is 1000. The highest BCUT2D eigenvalue weighted by atomic mass is 19.1. The second kappa shape index (κ2) is 6.89. The first-order chi connectivity index (χ1) is 12.0. The Morgan fingerprint density at radius 3 is 2.68 bits per heavy atom. The van der Waals surface area contributed by atoms with Crippen molar-refractivity contribution < 1.29 is 18.3 Å². The van der Waals surface area contributed by atoms with Crippen LogP contribution in [0.15, 0.2) is 51.7 Å². The van der Waals surface area contributed by atoms with Crippen LogP contribution < -0.4 is 10.4 Å². The van der Waals surface area contributed by atoms with Gasteiger partial charge in [-0.1, -0.05) is 19.1 Å². The summed E-state index contributed by atoms with van der Waals surface area (Å²) < 4.78 is 24.3. The number of carbonyl (C=O) groups is 1. The molecule has 0 aliphatic carbocycles. The van der Waals surface area contributed by atoms with Gasteiger partial charge in [0.25, 0.3) is 0 Å². The predicted octanol–water partition coefficient (Wildman–Crippen LogP) is 4.28. The summed E-state index contributed by atoms with van der Waals surface area (Å²) >= 11 is 0. The van der Waals surface area contributed by atoms with E-state index in [1.54, 1.807) is 0 Å². The van der Waals surface area contributed by atoms with Gasteiger partial charge in [0.2, 0.25) is 0 Å². The van der Waals surface area contributed by atoms with Crippen molar-refractivity contribution in [1.82, 2.24) is 0 Å². The standard InChI is InChI=1S/C20H17FO4/c1-3-13-4-6-16-14(9-20(23)25-19(16)8-13)11-24-18-7-5-15(21)10-17(18)12(2)22/h4-10H,3,11H2,1-2H3. The highest BCUT2D eigenvalue weighted by molar-refractivity contribution is 5.96. The van der Waals surface area contributed by atoms with Crippen molar-refractivity contribution in [2.75, 3.05) is 0 Å². The van der Waals surface area contributed by atoms with E-state index in [1.165, 1.54) is 25.1 Å². The molecule has 3 aromatic rings. The first-order valence-corrected chi connectivity index (χ1v) is 7.97. The fourth-order valence-corrected chi connectivity index (χ4v) is 2.67. The molecule has 25 heavy (non-hydrogen) atoms. The van der Waals surface area contributed by atoms with Crippen molar-refractivity contribution in [3.05, 3.63) is 75.4 Å². The minimum absolute atomic E-state index is 0.0689. The van der Waals surface area contributed by atoms with Gasteiger partial charge in [0.1, 0.15) is 23.8 Å². The molecule has 0 fully saturated rings. The second-order valence-electron chi connectivity index (χ2n) is 5.76. The van der Waals surface area contributed by atoms with Crippen molar-refractivity contribution in [3.63, 3.8) is 0 Å². The van der Waals surface area contributed by atoms with Crippen LogP contribution in [0, 0.1) is 5.82 Å². The molecule has 0 N–H and O–H groups in total. The fraction of sp³-hybridized carbons (Fsp3) is 0.200. The number of aryl methyl sites for hydroxylation is 1. The lowest BCUT2D eigenvalue weighted by atomic mass is 10.1. The van der Waals surface area contributed by atoms with Crippen LogP contribution in [-0.4, -0.2) is 5.78 Å². The topological polar surface area (TPSA) is 56.5 Å². The highest BCUT2D eigenvalue weighted by Crippen LogP contribution is 2.24. The molecule has 0 radical (unpaired) electrons. The van der Waals surface area contributed by atoms with Gasteiger partial charge in [-0.15, -0.1) is 0 Å². The van der Waals surface area contributed by atoms with E-state index in [9.17, 15) is 14.0 Å². The van der Waals surface area contributed by atoms with Crippen molar-refractivity contribution >= 4 is 16.8 Å². The molecule has 128 valence electrons. The number of rotatable bonds is 5. The summed E-state index contributed by atoms with van der Waals surface area (Å²) in [5, 5.41) is 0.767. The van der Waals surface area contributed by atoms with Gasteiger partial charge in [-0.05, 0) is 43.2 Å². The van der Waals surface area contributed by atoms with Crippen LogP contribution in [0.5, 0.6) is 5.75 Å². The van der Waals surface area contributed by atoms with Crippen LogP contribution in [0.1, 0.15) is 35.3 Å². The van der Waals surface area contributed by atoms with Crippen molar-refractivity contribution in [2.45, 2.75) is 26.9 Å². The maximum absolute atomic E-state index is 13.3. The molecule has 1 heterocycles. The van der Waals surface area contributed by atoms with E-state index in [1.807, 2.05) is 25.1 Å². The average molecular weight is 340 g/mol. The van der Waals surface area contributed by atoms with E-state index in [0.717, 1.165) is 23.4 Å². The van der Waals surface area contributed by atoms with Crippen LogP contribution >= 0.6 is 0 Å². The van der Waals surface area contributed by atoms with Crippen LogP contribution in [0.3, 0.4) is 0 Å². The average Bonchev–Trinajstić information content (AvgIpc) is 2.59. The maximum atomic E-state index is 13.3. The Hall–Kier alpha value is -2.95. The minimum Gasteiger partial charge on any atom is -0.488 e. The number of fused-ring (bicyclic) bond motifs is 1. The first kappa shape index (κ1) is 16.9. The molecule has 2 aromatic carbocycles. The first-order valence-electron chi connectivity index (χ1n) is 7.97. The smallest absolute Gasteiger partial charge is 0.336 e. The quantitative estimate of drug-likeness (QED) is 0.514. The molecule has 0 spiro atoms. The molecule has 3 rings (SSSR count). The van der Waals surface area contributed by atoms with Gasteiger partial charge >= 0.3 is 5.63 Å². The molecule has 0 aliphatic rings. The summed E-state index contributed by atoms with van der Waals surface area (Å²) in [5.74, 6) is -0.518. The van der Waals surface area contributed by atoms with Gasteiger partial charge in [-0.25, -0.2) is 9.18 Å². The fourth-order valence-electron chi connectivity index (χ4n) is 2.67. The van der Waals surface area contributed by atoms with Crippen molar-refractivity contribution in [1.29, 1.82) is 0 Å². The van der Waals surface area contributed by atoms with E-state index in [-0.39, 0.29) is 23.7 Å². The Morgan fingerprint density at radius 1 is 1.16 bits per heavy atom. The molecule has 0 aliphatic heterocycles. The molecule has 0 unspecified atom stereocenters. The summed E-state index contributed by atoms with van der Waals surface area (Å²) in [4.78, 5) is 23.5. The number of ether oxygens (including phenoxy) is 1. The third kappa shape index (κ3) is 3.60. The Balaban J connectivity index is 1.97. The summed E-state index contributed by atoms with van der Waals surface area (Å²) in [7, 11) is 0. The van der Waals surface area contributed by atoms with Gasteiger partial charge in [0.05, 0.1) is 5.56 Å². The molecule has 5 heteroatoms.